The van der Waals surface area contributed by atoms with Gasteiger partial charge in [0.25, 0.3) is 5.91 Å². The molecule has 2 heterocycles. The number of phenols is 2. The Morgan fingerprint density at radius 3 is 2.64 bits per heavy atom. The maximum atomic E-state index is 13.7. The fourth-order valence-electron chi connectivity index (χ4n) is 2.99. The van der Waals surface area contributed by atoms with Gasteiger partial charge in [-0.3, -0.25) is 4.79 Å². The molecule has 116 valence electrons. The van der Waals surface area contributed by atoms with Gasteiger partial charge in [0, 0.05) is 23.5 Å². The second-order valence-electron chi connectivity index (χ2n) is 5.52. The summed E-state index contributed by atoms with van der Waals surface area (Å²) in [6.45, 7) is 7.78. The van der Waals surface area contributed by atoms with Crippen LogP contribution in [0.25, 0.3) is 0 Å². The maximum absolute atomic E-state index is 13.7. The number of nitrogens with zero attached hydrogens (tertiary/aromatic N) is 1. The highest BCUT2D eigenvalue weighted by Gasteiger charge is 2.40. The summed E-state index contributed by atoms with van der Waals surface area (Å²) in [5, 5.41) is 22.4. The van der Waals surface area contributed by atoms with E-state index in [1.165, 1.54) is 4.90 Å². The van der Waals surface area contributed by atoms with Crippen LogP contribution < -0.4 is 11.1 Å². The fourth-order valence-corrected chi connectivity index (χ4v) is 2.99. The van der Waals surface area contributed by atoms with Gasteiger partial charge in [-0.2, -0.15) is 4.39 Å². The van der Waals surface area contributed by atoms with Crippen LogP contribution in [-0.2, 0) is 6.54 Å². The molecule has 1 saturated heterocycles. The summed E-state index contributed by atoms with van der Waals surface area (Å²) in [6.07, 6.45) is 1.30. The second-order valence-corrected chi connectivity index (χ2v) is 5.52. The number of aromatic hydroxyl groups is 2. The van der Waals surface area contributed by atoms with Gasteiger partial charge >= 0.3 is 0 Å². The normalized spacial score (nSPS) is 21.0. The summed E-state index contributed by atoms with van der Waals surface area (Å²) in [7, 11) is 0. The lowest BCUT2D eigenvalue weighted by Crippen LogP contribution is -2.43. The van der Waals surface area contributed by atoms with Crippen molar-refractivity contribution in [3.8, 4) is 11.5 Å². The van der Waals surface area contributed by atoms with Gasteiger partial charge in [0.1, 0.15) is 0 Å². The number of nitrogen functional groups attached to an aromatic ring is 1. The molecule has 3 rings (SSSR count). The van der Waals surface area contributed by atoms with Gasteiger partial charge in [-0.05, 0) is 12.8 Å². The summed E-state index contributed by atoms with van der Waals surface area (Å²) in [5.41, 5.74) is 6.93. The third kappa shape index (κ3) is 1.82. The van der Waals surface area contributed by atoms with Crippen molar-refractivity contribution < 1.29 is 19.4 Å². The first-order valence-electron chi connectivity index (χ1n) is 6.79. The van der Waals surface area contributed by atoms with Gasteiger partial charge in [0.05, 0.1) is 17.3 Å². The average Bonchev–Trinajstić information content (AvgIpc) is 2.81. The van der Waals surface area contributed by atoms with Crippen LogP contribution >= 0.6 is 0 Å². The highest BCUT2D eigenvalue weighted by Crippen LogP contribution is 2.44. The van der Waals surface area contributed by atoms with Gasteiger partial charge in [-0.15, -0.1) is 0 Å². The van der Waals surface area contributed by atoms with Crippen LogP contribution in [0.5, 0.6) is 11.5 Å². The molecule has 7 heteroatoms. The van der Waals surface area contributed by atoms with E-state index in [9.17, 15) is 19.4 Å². The summed E-state index contributed by atoms with van der Waals surface area (Å²) < 4.78 is 13.7. The van der Waals surface area contributed by atoms with E-state index in [2.05, 4.69) is 18.5 Å². The molecule has 1 aromatic carbocycles. The first-order chi connectivity index (χ1) is 10.3. The number of phenolic OH excluding ortho intramolecular Hbond substituents is 2. The second kappa shape index (κ2) is 4.66. The Morgan fingerprint density at radius 1 is 1.32 bits per heavy atom. The monoisotopic (exact) mass is 305 g/mol. The first-order valence-corrected chi connectivity index (χ1v) is 6.79. The van der Waals surface area contributed by atoms with Crippen LogP contribution in [0.15, 0.2) is 24.6 Å². The minimum atomic E-state index is -1.28. The van der Waals surface area contributed by atoms with Crippen molar-refractivity contribution in [3.63, 3.8) is 0 Å². The number of nitrogens with one attached hydrogen (secondary N) is 1. The Hall–Kier alpha value is -2.70. The number of halogens is 1. The molecule has 22 heavy (non-hydrogen) atoms. The topological polar surface area (TPSA) is 98.8 Å². The molecule has 0 radical (unpaired) electrons. The van der Waals surface area contributed by atoms with Crippen LogP contribution in [0, 0.1) is 5.82 Å². The predicted molar refractivity (Wildman–Crippen MR) is 78.5 cm³/mol. The predicted octanol–water partition coefficient (Wildman–Crippen LogP) is 1.55. The van der Waals surface area contributed by atoms with Crippen molar-refractivity contribution in [3.05, 3.63) is 41.5 Å². The zero-order valence-corrected chi connectivity index (χ0v) is 11.8. The number of hydrogen-bond acceptors (Lipinski definition) is 5. The molecular weight excluding hydrogens is 289 g/mol. The van der Waals surface area contributed by atoms with E-state index in [-0.39, 0.29) is 29.4 Å². The molecule has 5 N–H and O–H groups in total. The minimum Gasteiger partial charge on any atom is -0.504 e. The molecule has 2 aliphatic rings. The third-order valence-electron chi connectivity index (χ3n) is 4.17. The molecule has 1 aromatic rings. The van der Waals surface area contributed by atoms with E-state index < -0.39 is 23.2 Å². The van der Waals surface area contributed by atoms with Crippen molar-refractivity contribution in [2.24, 2.45) is 0 Å². The van der Waals surface area contributed by atoms with E-state index in [1.807, 2.05) is 0 Å². The van der Waals surface area contributed by atoms with Crippen LogP contribution in [0.1, 0.15) is 28.8 Å². The summed E-state index contributed by atoms with van der Waals surface area (Å²) in [4.78, 5) is 14.0. The smallest absolute Gasteiger partial charge is 0.259 e. The average molecular weight is 305 g/mol. The largest absolute Gasteiger partial charge is 0.504 e. The third-order valence-corrected chi connectivity index (χ3v) is 4.17. The number of allylic oxidation sites excluding steroid dienone is 1. The Kier molecular flexibility index (Phi) is 3.01. The van der Waals surface area contributed by atoms with Crippen LogP contribution in [0.4, 0.5) is 10.1 Å². The van der Waals surface area contributed by atoms with E-state index in [0.29, 0.717) is 18.5 Å². The number of piperidine rings is 1. The number of carbonyl (C=O) groups excluding carboxylic acids is 1. The number of nitrogens with two attached hydrogens (primary N) is 1. The molecule has 1 amide bonds. The maximum Gasteiger partial charge on any atom is 0.259 e. The molecule has 6 nitrogen and oxygen atoms in total. The molecule has 0 saturated carbocycles. The Balaban J connectivity index is 2.02. The molecule has 0 spiro atoms. The minimum absolute atomic E-state index is 0.0826. The number of fused-ring (bicyclic) bond motifs is 1. The van der Waals surface area contributed by atoms with E-state index in [0.717, 1.165) is 5.70 Å². The van der Waals surface area contributed by atoms with Crippen molar-refractivity contribution in [2.45, 2.75) is 25.4 Å². The highest BCUT2D eigenvalue weighted by atomic mass is 19.1. The van der Waals surface area contributed by atoms with Crippen LogP contribution in [0.3, 0.4) is 0 Å². The van der Waals surface area contributed by atoms with Gasteiger partial charge in [0.15, 0.2) is 11.5 Å². The number of hydrogen-bond donors (Lipinski definition) is 4. The van der Waals surface area contributed by atoms with Crippen molar-refractivity contribution in [1.29, 1.82) is 0 Å². The molecule has 1 atom stereocenters. The standard InChI is InChI=1S/C15H16FN3O3/c1-6-3-4-9(7(2)18-6)19-5-8-10(15(19)22)13(20)11(16)14(21)12(8)17/h9,18,20-21H,1-5,17H2. The van der Waals surface area contributed by atoms with Crippen LogP contribution in [0.2, 0.25) is 0 Å². The highest BCUT2D eigenvalue weighted by molar-refractivity contribution is 6.03. The van der Waals surface area contributed by atoms with E-state index >= 15 is 0 Å². The lowest BCUT2D eigenvalue weighted by atomic mass is 10.0. The molecule has 0 aromatic heterocycles. The van der Waals surface area contributed by atoms with Crippen molar-refractivity contribution in [1.82, 2.24) is 10.2 Å². The molecule has 0 aliphatic carbocycles. The molecule has 1 fully saturated rings. The van der Waals surface area contributed by atoms with Crippen LogP contribution in [-0.4, -0.2) is 27.1 Å². The molecule has 1 unspecified atom stereocenters. The Bertz CT molecular complexity index is 729. The quantitative estimate of drug-likeness (QED) is 0.358. The SMILES string of the molecule is C=C1CCC(N2Cc3c(N)c(O)c(F)c(O)c3C2=O)C(=C)N1. The van der Waals surface area contributed by atoms with Crippen molar-refractivity contribution >= 4 is 11.6 Å². The zero-order valence-electron chi connectivity index (χ0n) is 11.8. The molecular formula is C15H16FN3O3. The first kappa shape index (κ1) is 14.2. The van der Waals surface area contributed by atoms with E-state index in [1.54, 1.807) is 0 Å². The number of rotatable bonds is 1. The van der Waals surface area contributed by atoms with Gasteiger partial charge in [0.2, 0.25) is 5.82 Å². The summed E-state index contributed by atoms with van der Waals surface area (Å²) in [6, 6.07) is -0.311. The molecule has 0 bridgehead atoms. The van der Waals surface area contributed by atoms with Crippen molar-refractivity contribution in [2.75, 3.05) is 5.73 Å². The number of carbonyl (C=O) groups is 1. The van der Waals surface area contributed by atoms with Gasteiger partial charge < -0.3 is 26.2 Å². The zero-order chi connectivity index (χ0) is 16.2. The number of amides is 1. The number of anilines is 1. The van der Waals surface area contributed by atoms with Gasteiger partial charge in [-0.1, -0.05) is 13.2 Å². The van der Waals surface area contributed by atoms with E-state index in [4.69, 9.17) is 5.73 Å². The summed E-state index contributed by atoms with van der Waals surface area (Å²) in [5.74, 6) is -3.51. The lowest BCUT2D eigenvalue weighted by molar-refractivity contribution is 0.0709. The summed E-state index contributed by atoms with van der Waals surface area (Å²) >= 11 is 0. The Labute approximate surface area is 126 Å². The number of benzene rings is 1. The lowest BCUT2D eigenvalue weighted by Gasteiger charge is -2.34. The van der Waals surface area contributed by atoms with Gasteiger partial charge in [-0.25, -0.2) is 0 Å². The molecule has 2 aliphatic heterocycles. The Morgan fingerprint density at radius 2 is 2.00 bits per heavy atom. The fraction of sp³-hybridized carbons (Fsp3) is 0.267.